The topological polar surface area (TPSA) is 26.0 Å². The molecule has 1 nitrogen and oxygen atoms in total. The van der Waals surface area contributed by atoms with Gasteiger partial charge in [0.25, 0.3) is 0 Å². The molecule has 0 aromatic carbocycles. The van der Waals surface area contributed by atoms with Crippen LogP contribution in [0, 0.1) is 11.3 Å². The fourth-order valence-electron chi connectivity index (χ4n) is 3.50. The molecule has 1 rings (SSSR count). The lowest BCUT2D eigenvalue weighted by molar-refractivity contribution is 0.102. The lowest BCUT2D eigenvalue weighted by Gasteiger charge is -2.45. The largest absolute Gasteiger partial charge is 0.325 e. The van der Waals surface area contributed by atoms with Gasteiger partial charge in [-0.2, -0.15) is 0 Å². The van der Waals surface area contributed by atoms with Crippen molar-refractivity contribution in [2.24, 2.45) is 17.1 Å². The molecule has 2 atom stereocenters. The zero-order valence-corrected chi connectivity index (χ0v) is 9.69. The molecule has 1 heteroatoms. The second kappa shape index (κ2) is 3.61. The van der Waals surface area contributed by atoms with Gasteiger partial charge in [-0.25, -0.2) is 0 Å². The Balaban J connectivity index is 2.66. The van der Waals surface area contributed by atoms with Crippen LogP contribution >= 0.6 is 0 Å². The molecule has 78 valence electrons. The minimum Gasteiger partial charge on any atom is -0.325 e. The van der Waals surface area contributed by atoms with Crippen LogP contribution in [0.15, 0.2) is 0 Å². The van der Waals surface area contributed by atoms with Crippen molar-refractivity contribution in [3.05, 3.63) is 0 Å². The first-order chi connectivity index (χ1) is 5.87. The van der Waals surface area contributed by atoms with E-state index in [1.807, 2.05) is 0 Å². The van der Waals surface area contributed by atoms with Gasteiger partial charge in [0.2, 0.25) is 0 Å². The number of hydrogen-bond acceptors (Lipinski definition) is 1. The standard InChI is InChI=1S/C12H25N/c1-5-6-12(13)8-10(2)7-11(3,4)9-12/h10H,5-9,13H2,1-4H3/t10-,12-/m1/s1. The lowest BCUT2D eigenvalue weighted by atomic mass is 9.63. The Labute approximate surface area is 83.1 Å². The van der Waals surface area contributed by atoms with Gasteiger partial charge < -0.3 is 5.73 Å². The fraction of sp³-hybridized carbons (Fsp3) is 1.00. The Hall–Kier alpha value is -0.0400. The molecule has 0 amide bonds. The van der Waals surface area contributed by atoms with Crippen LogP contribution in [0.2, 0.25) is 0 Å². The zero-order chi connectivity index (χ0) is 10.1. The van der Waals surface area contributed by atoms with Gasteiger partial charge in [-0.05, 0) is 37.0 Å². The van der Waals surface area contributed by atoms with Crippen LogP contribution in [0.5, 0.6) is 0 Å². The number of nitrogens with two attached hydrogens (primary N) is 1. The third-order valence-corrected chi connectivity index (χ3v) is 3.23. The summed E-state index contributed by atoms with van der Waals surface area (Å²) >= 11 is 0. The normalized spacial score (nSPS) is 39.0. The molecule has 0 saturated heterocycles. The molecule has 13 heavy (non-hydrogen) atoms. The van der Waals surface area contributed by atoms with E-state index in [1.54, 1.807) is 0 Å². The molecule has 0 bridgehead atoms. The Bertz CT molecular complexity index is 174. The highest BCUT2D eigenvalue weighted by Gasteiger charge is 2.39. The molecule has 2 N–H and O–H groups in total. The van der Waals surface area contributed by atoms with Crippen molar-refractivity contribution in [2.75, 3.05) is 0 Å². The zero-order valence-electron chi connectivity index (χ0n) is 9.69. The molecule has 0 aromatic heterocycles. The van der Waals surface area contributed by atoms with Crippen molar-refractivity contribution in [1.82, 2.24) is 0 Å². The van der Waals surface area contributed by atoms with E-state index in [0.29, 0.717) is 5.41 Å². The fourth-order valence-corrected chi connectivity index (χ4v) is 3.50. The second-order valence-corrected chi connectivity index (χ2v) is 5.97. The van der Waals surface area contributed by atoms with E-state index >= 15 is 0 Å². The first kappa shape index (κ1) is 11.0. The summed E-state index contributed by atoms with van der Waals surface area (Å²) in [7, 11) is 0. The summed E-state index contributed by atoms with van der Waals surface area (Å²) in [5.74, 6) is 0.806. The predicted octanol–water partition coefficient (Wildman–Crippen LogP) is 3.33. The molecule has 1 aliphatic carbocycles. The molecule has 1 fully saturated rings. The molecule has 1 saturated carbocycles. The molecule has 0 unspecified atom stereocenters. The molecular weight excluding hydrogens is 158 g/mol. The summed E-state index contributed by atoms with van der Waals surface area (Å²) in [6.45, 7) is 9.30. The smallest absolute Gasteiger partial charge is 0.0161 e. The van der Waals surface area contributed by atoms with Crippen molar-refractivity contribution in [3.63, 3.8) is 0 Å². The number of hydrogen-bond donors (Lipinski definition) is 1. The minimum absolute atomic E-state index is 0.135. The predicted molar refractivity (Wildman–Crippen MR) is 58.6 cm³/mol. The summed E-state index contributed by atoms with van der Waals surface area (Å²) in [5, 5.41) is 0. The van der Waals surface area contributed by atoms with E-state index in [4.69, 9.17) is 5.73 Å². The van der Waals surface area contributed by atoms with Crippen LogP contribution in [-0.2, 0) is 0 Å². The maximum atomic E-state index is 6.44. The quantitative estimate of drug-likeness (QED) is 0.698. The molecule has 0 heterocycles. The number of rotatable bonds is 2. The van der Waals surface area contributed by atoms with Crippen LogP contribution in [-0.4, -0.2) is 5.54 Å². The highest BCUT2D eigenvalue weighted by Crippen LogP contribution is 2.44. The van der Waals surface area contributed by atoms with Crippen LogP contribution in [0.3, 0.4) is 0 Å². The van der Waals surface area contributed by atoms with Crippen LogP contribution in [0.1, 0.15) is 59.8 Å². The van der Waals surface area contributed by atoms with Crippen molar-refractivity contribution >= 4 is 0 Å². The van der Waals surface area contributed by atoms with Gasteiger partial charge in [-0.15, -0.1) is 0 Å². The van der Waals surface area contributed by atoms with E-state index in [9.17, 15) is 0 Å². The lowest BCUT2D eigenvalue weighted by Crippen LogP contribution is -2.49. The van der Waals surface area contributed by atoms with E-state index in [2.05, 4.69) is 27.7 Å². The van der Waals surface area contributed by atoms with Gasteiger partial charge in [-0.3, -0.25) is 0 Å². The molecule has 0 aromatic rings. The summed E-state index contributed by atoms with van der Waals surface area (Å²) < 4.78 is 0. The van der Waals surface area contributed by atoms with Gasteiger partial charge >= 0.3 is 0 Å². The maximum Gasteiger partial charge on any atom is 0.0161 e. The minimum atomic E-state index is 0.135. The Morgan fingerprint density at radius 3 is 2.38 bits per heavy atom. The van der Waals surface area contributed by atoms with Crippen molar-refractivity contribution in [2.45, 2.75) is 65.3 Å². The van der Waals surface area contributed by atoms with Crippen molar-refractivity contribution in [3.8, 4) is 0 Å². The second-order valence-electron chi connectivity index (χ2n) is 5.97. The first-order valence-corrected chi connectivity index (χ1v) is 5.66. The SMILES string of the molecule is CCC[C@@]1(N)C[C@H](C)CC(C)(C)C1. The maximum absolute atomic E-state index is 6.44. The van der Waals surface area contributed by atoms with Gasteiger partial charge in [0.05, 0.1) is 0 Å². The van der Waals surface area contributed by atoms with E-state index in [-0.39, 0.29) is 5.54 Å². The molecule has 0 radical (unpaired) electrons. The third-order valence-electron chi connectivity index (χ3n) is 3.23. The third kappa shape index (κ3) is 2.98. The first-order valence-electron chi connectivity index (χ1n) is 5.66. The molecule has 1 aliphatic rings. The average molecular weight is 183 g/mol. The van der Waals surface area contributed by atoms with Gasteiger partial charge in [0, 0.05) is 5.54 Å². The molecule has 0 aliphatic heterocycles. The summed E-state index contributed by atoms with van der Waals surface area (Å²) in [6.07, 6.45) is 6.19. The van der Waals surface area contributed by atoms with E-state index in [1.165, 1.54) is 32.1 Å². The van der Waals surface area contributed by atoms with Crippen LogP contribution in [0.4, 0.5) is 0 Å². The highest BCUT2D eigenvalue weighted by molar-refractivity contribution is 4.96. The van der Waals surface area contributed by atoms with E-state index in [0.717, 1.165) is 5.92 Å². The van der Waals surface area contributed by atoms with Gasteiger partial charge in [0.1, 0.15) is 0 Å². The Morgan fingerprint density at radius 1 is 1.31 bits per heavy atom. The van der Waals surface area contributed by atoms with E-state index < -0.39 is 0 Å². The highest BCUT2D eigenvalue weighted by atomic mass is 14.8. The van der Waals surface area contributed by atoms with Gasteiger partial charge in [-0.1, -0.05) is 34.1 Å². The Kier molecular flexibility index (Phi) is 3.06. The Morgan fingerprint density at radius 2 is 1.92 bits per heavy atom. The molecular formula is C12H25N. The average Bonchev–Trinajstić information content (AvgIpc) is 1.78. The van der Waals surface area contributed by atoms with Crippen LogP contribution in [0.25, 0.3) is 0 Å². The summed E-state index contributed by atoms with van der Waals surface area (Å²) in [6, 6.07) is 0. The van der Waals surface area contributed by atoms with Crippen molar-refractivity contribution < 1.29 is 0 Å². The monoisotopic (exact) mass is 183 g/mol. The van der Waals surface area contributed by atoms with Crippen molar-refractivity contribution in [1.29, 1.82) is 0 Å². The van der Waals surface area contributed by atoms with Crippen LogP contribution < -0.4 is 5.73 Å². The summed E-state index contributed by atoms with van der Waals surface area (Å²) in [4.78, 5) is 0. The van der Waals surface area contributed by atoms with Gasteiger partial charge in [0.15, 0.2) is 0 Å². The summed E-state index contributed by atoms with van der Waals surface area (Å²) in [5.41, 5.74) is 7.03. The molecule has 0 spiro atoms.